The summed E-state index contributed by atoms with van der Waals surface area (Å²) < 4.78 is 169. The summed E-state index contributed by atoms with van der Waals surface area (Å²) in [4.78, 5) is 13.2. The third kappa shape index (κ3) is 9.36. The molecule has 262 valence electrons. The van der Waals surface area contributed by atoms with Gasteiger partial charge >= 0.3 is 30.7 Å². The summed E-state index contributed by atoms with van der Waals surface area (Å²) in [6, 6.07) is 12.4. The van der Waals surface area contributed by atoms with Crippen molar-refractivity contribution in [1.29, 1.82) is 0 Å². The molecule has 0 bridgehead atoms. The van der Waals surface area contributed by atoms with E-state index in [0.29, 0.717) is 11.5 Å². The second-order valence-electron chi connectivity index (χ2n) is 11.5. The first-order valence-corrected chi connectivity index (χ1v) is 14.6. The number of carbonyl (C=O) groups excluding carboxylic acids is 1. The molecule has 0 aromatic heterocycles. The molecule has 0 radical (unpaired) electrons. The van der Waals surface area contributed by atoms with Crippen molar-refractivity contribution in [2.24, 2.45) is 5.92 Å². The minimum atomic E-state index is -5.43. The van der Waals surface area contributed by atoms with Gasteiger partial charge in [0, 0.05) is 0 Å². The molecule has 0 spiro atoms. The molecule has 1 atom stereocenters. The Hall–Kier alpha value is -4.49. The number of benzene rings is 4. The van der Waals surface area contributed by atoms with Gasteiger partial charge in [-0.05, 0) is 88.7 Å². The second-order valence-corrected chi connectivity index (χ2v) is 11.5. The fraction of sp³-hybridized carbons (Fsp3) is 0.286. The number of carbonyl (C=O) groups is 1. The molecular formula is C35H26F12O2. The van der Waals surface area contributed by atoms with Gasteiger partial charge in [0.1, 0.15) is 0 Å². The van der Waals surface area contributed by atoms with Gasteiger partial charge in [0.05, 0.1) is 27.8 Å². The van der Waals surface area contributed by atoms with Gasteiger partial charge in [0.2, 0.25) is 0 Å². The molecule has 0 saturated carbocycles. The van der Waals surface area contributed by atoms with E-state index in [1.54, 1.807) is 0 Å². The molecule has 0 saturated heterocycles. The lowest BCUT2D eigenvalue weighted by Gasteiger charge is -2.24. The normalized spacial score (nSPS) is 13.4. The first-order valence-electron chi connectivity index (χ1n) is 14.6. The SMILES string of the molecule is CCC(C)Cc1ccc(-c2ccc(C(=O)OC(c3cc(C(F)(F)F)cc(C(F)(F)F)c3)c3cc(C(F)(F)F)cc(C(F)(F)F)c3)cc2)cc1. The molecule has 0 fully saturated rings. The van der Waals surface area contributed by atoms with Crippen molar-refractivity contribution < 1.29 is 62.2 Å². The van der Waals surface area contributed by atoms with Crippen LogP contribution in [0.5, 0.6) is 0 Å². The molecule has 4 rings (SSSR count). The van der Waals surface area contributed by atoms with Crippen LogP contribution in [0.2, 0.25) is 0 Å². The van der Waals surface area contributed by atoms with Crippen LogP contribution >= 0.6 is 0 Å². The number of hydrogen-bond donors (Lipinski definition) is 0. The molecule has 2 nitrogen and oxygen atoms in total. The van der Waals surface area contributed by atoms with Crippen LogP contribution in [0.1, 0.15) is 75.7 Å². The molecule has 0 aliphatic heterocycles. The molecule has 0 aliphatic rings. The minimum absolute atomic E-state index is 0.0642. The highest BCUT2D eigenvalue weighted by Crippen LogP contribution is 2.42. The molecule has 0 heterocycles. The fourth-order valence-electron chi connectivity index (χ4n) is 4.94. The van der Waals surface area contributed by atoms with Crippen molar-refractivity contribution in [2.45, 2.75) is 57.5 Å². The maximum Gasteiger partial charge on any atom is 0.416 e. The Labute approximate surface area is 272 Å². The lowest BCUT2D eigenvalue weighted by molar-refractivity contribution is -0.144. The van der Waals surface area contributed by atoms with Gasteiger partial charge in [0.25, 0.3) is 0 Å². The quantitative estimate of drug-likeness (QED) is 0.135. The largest absolute Gasteiger partial charge is 0.449 e. The predicted molar refractivity (Wildman–Crippen MR) is 155 cm³/mol. The number of alkyl halides is 12. The van der Waals surface area contributed by atoms with Crippen LogP contribution in [0.4, 0.5) is 52.7 Å². The van der Waals surface area contributed by atoms with Crippen molar-refractivity contribution >= 4 is 5.97 Å². The molecule has 0 N–H and O–H groups in total. The highest BCUT2D eigenvalue weighted by atomic mass is 19.4. The molecule has 49 heavy (non-hydrogen) atoms. The average Bonchev–Trinajstić information content (AvgIpc) is 3.01. The fourth-order valence-corrected chi connectivity index (χ4v) is 4.94. The van der Waals surface area contributed by atoms with Crippen LogP contribution in [0.3, 0.4) is 0 Å². The van der Waals surface area contributed by atoms with Crippen molar-refractivity contribution in [3.8, 4) is 11.1 Å². The van der Waals surface area contributed by atoms with Gasteiger partial charge in [-0.3, -0.25) is 0 Å². The standard InChI is InChI=1S/C35H26F12O2/c1-3-19(2)12-20-4-6-21(7-5-20)22-8-10-23(11-9-22)31(48)49-30(24-13-26(32(36,37)38)17-27(14-24)33(39,40)41)25-15-28(34(42,43)44)18-29(16-25)35(45,46)47/h4-11,13-19,30H,3,12H2,1-2H3. The van der Waals surface area contributed by atoms with Crippen LogP contribution in [0.25, 0.3) is 11.1 Å². The minimum Gasteiger partial charge on any atom is -0.449 e. The smallest absolute Gasteiger partial charge is 0.416 e. The summed E-state index contributed by atoms with van der Waals surface area (Å²) in [5, 5.41) is 0. The van der Waals surface area contributed by atoms with Gasteiger partial charge in [-0.1, -0.05) is 56.7 Å². The van der Waals surface area contributed by atoms with Crippen molar-refractivity contribution in [2.75, 3.05) is 0 Å². The number of hydrogen-bond acceptors (Lipinski definition) is 2. The Balaban J connectivity index is 1.80. The van der Waals surface area contributed by atoms with E-state index in [1.807, 2.05) is 24.3 Å². The average molecular weight is 707 g/mol. The Morgan fingerprint density at radius 2 is 0.918 bits per heavy atom. The molecule has 1 unspecified atom stereocenters. The topological polar surface area (TPSA) is 26.3 Å². The van der Waals surface area contributed by atoms with E-state index in [0.717, 1.165) is 24.0 Å². The number of rotatable bonds is 8. The zero-order valence-electron chi connectivity index (χ0n) is 25.5. The predicted octanol–water partition coefficient (Wildman–Crippen LogP) is 12.0. The van der Waals surface area contributed by atoms with Crippen molar-refractivity contribution in [3.63, 3.8) is 0 Å². The van der Waals surface area contributed by atoms with Crippen LogP contribution < -0.4 is 0 Å². The van der Waals surface area contributed by atoms with Gasteiger partial charge in [-0.15, -0.1) is 0 Å². The first kappa shape index (κ1) is 37.3. The number of ether oxygens (including phenoxy) is 1. The number of halogens is 12. The zero-order valence-corrected chi connectivity index (χ0v) is 25.5. The van der Waals surface area contributed by atoms with Crippen LogP contribution in [0, 0.1) is 5.92 Å². The third-order valence-electron chi connectivity index (χ3n) is 7.74. The van der Waals surface area contributed by atoms with Gasteiger partial charge in [0.15, 0.2) is 6.10 Å². The highest BCUT2D eigenvalue weighted by Gasteiger charge is 2.41. The van der Waals surface area contributed by atoms with Crippen LogP contribution in [-0.4, -0.2) is 5.97 Å². The van der Waals surface area contributed by atoms with Gasteiger partial charge in [-0.2, -0.15) is 52.7 Å². The zero-order chi connectivity index (χ0) is 36.5. The number of esters is 1. The molecule has 0 aliphatic carbocycles. The first-order chi connectivity index (χ1) is 22.6. The molecule has 14 heteroatoms. The molecule has 4 aromatic rings. The maximum absolute atomic E-state index is 13.7. The molecule has 4 aromatic carbocycles. The maximum atomic E-state index is 13.7. The summed E-state index contributed by atoms with van der Waals surface area (Å²) in [6.07, 6.45) is -22.5. The van der Waals surface area contributed by atoms with Crippen LogP contribution in [0.15, 0.2) is 84.9 Å². The molecule has 0 amide bonds. The monoisotopic (exact) mass is 706 g/mol. The lowest BCUT2D eigenvalue weighted by Crippen LogP contribution is -2.19. The molecular weight excluding hydrogens is 680 g/mol. The third-order valence-corrected chi connectivity index (χ3v) is 7.74. The van der Waals surface area contributed by atoms with E-state index in [9.17, 15) is 57.5 Å². The summed E-state index contributed by atoms with van der Waals surface area (Å²) >= 11 is 0. The van der Waals surface area contributed by atoms with E-state index in [2.05, 4.69) is 13.8 Å². The lowest BCUT2D eigenvalue weighted by atomic mass is 9.93. The van der Waals surface area contributed by atoms with Crippen molar-refractivity contribution in [1.82, 2.24) is 0 Å². The summed E-state index contributed by atoms with van der Waals surface area (Å²) in [7, 11) is 0. The second kappa shape index (κ2) is 13.8. The summed E-state index contributed by atoms with van der Waals surface area (Å²) in [5.41, 5.74) is -8.01. The van der Waals surface area contributed by atoms with Gasteiger partial charge < -0.3 is 4.74 Å². The van der Waals surface area contributed by atoms with E-state index in [1.165, 1.54) is 24.3 Å². The Kier molecular flexibility index (Phi) is 10.5. The van der Waals surface area contributed by atoms with Gasteiger partial charge in [-0.25, -0.2) is 4.79 Å². The highest BCUT2D eigenvalue weighted by molar-refractivity contribution is 5.90. The Morgan fingerprint density at radius 1 is 0.571 bits per heavy atom. The van der Waals surface area contributed by atoms with Crippen molar-refractivity contribution in [3.05, 3.63) is 129 Å². The Bertz CT molecular complexity index is 1630. The summed E-state index contributed by atoms with van der Waals surface area (Å²) in [5.74, 6) is -0.996. The Morgan fingerprint density at radius 3 is 1.24 bits per heavy atom. The summed E-state index contributed by atoms with van der Waals surface area (Å²) in [6.45, 7) is 4.16. The van der Waals surface area contributed by atoms with E-state index < -0.39 is 70.2 Å². The van der Waals surface area contributed by atoms with E-state index >= 15 is 0 Å². The van der Waals surface area contributed by atoms with E-state index in [-0.39, 0.29) is 42.0 Å². The van der Waals surface area contributed by atoms with Crippen LogP contribution in [-0.2, 0) is 35.9 Å². The van der Waals surface area contributed by atoms with E-state index in [4.69, 9.17) is 4.74 Å².